The van der Waals surface area contributed by atoms with Gasteiger partial charge in [-0.05, 0) is 36.2 Å². The number of nitrogens with zero attached hydrogens (tertiary/aromatic N) is 1. The molecule has 23 heavy (non-hydrogen) atoms. The molecule has 0 unspecified atom stereocenters. The second kappa shape index (κ2) is 6.97. The number of halogens is 1. The van der Waals surface area contributed by atoms with E-state index < -0.39 is 16.0 Å². The zero-order chi connectivity index (χ0) is 17.0. The molecule has 0 aliphatic carbocycles. The Hall–Kier alpha value is -2.12. The van der Waals surface area contributed by atoms with Gasteiger partial charge in [0.25, 0.3) is 10.0 Å². The molecule has 2 aromatic rings. The molecule has 0 spiro atoms. The molecule has 8 heteroatoms. The van der Waals surface area contributed by atoms with Gasteiger partial charge in [0.1, 0.15) is 10.0 Å². The molecular formula is C15H15ClN2O4S. The first kappa shape index (κ1) is 17.2. The van der Waals surface area contributed by atoms with Crippen molar-refractivity contribution in [2.45, 2.75) is 18.2 Å². The number of aromatic nitrogens is 1. The number of nitrogens with one attached hydrogen (secondary N) is 1. The molecule has 2 rings (SSSR count). The van der Waals surface area contributed by atoms with Gasteiger partial charge in [-0.2, -0.15) is 0 Å². The van der Waals surface area contributed by atoms with Crippen molar-refractivity contribution in [1.29, 1.82) is 0 Å². The predicted molar refractivity (Wildman–Crippen MR) is 87.2 cm³/mol. The number of ether oxygens (including phenoxy) is 1. The third-order valence-electron chi connectivity index (χ3n) is 3.11. The normalized spacial score (nSPS) is 11.1. The number of pyridine rings is 1. The van der Waals surface area contributed by atoms with E-state index in [1.807, 2.05) is 19.1 Å². The number of hydrogen-bond donors (Lipinski definition) is 1. The van der Waals surface area contributed by atoms with Gasteiger partial charge < -0.3 is 4.74 Å². The van der Waals surface area contributed by atoms with Gasteiger partial charge in [-0.25, -0.2) is 18.2 Å². The predicted octanol–water partition coefficient (Wildman–Crippen LogP) is 2.88. The molecular weight excluding hydrogens is 340 g/mol. The van der Waals surface area contributed by atoms with Crippen LogP contribution in [0.25, 0.3) is 0 Å². The Balaban J connectivity index is 2.40. The van der Waals surface area contributed by atoms with E-state index in [4.69, 9.17) is 11.6 Å². The standard InChI is InChI=1S/C15H15ClN2O4S/c1-3-10-4-6-11(7-5-10)18-23(20,21)12-8-9-13(16)17-14(12)15(19)22-2/h4-9,18H,3H2,1-2H3. The van der Waals surface area contributed by atoms with Gasteiger partial charge >= 0.3 is 5.97 Å². The smallest absolute Gasteiger partial charge is 0.358 e. The third kappa shape index (κ3) is 4.00. The van der Waals surface area contributed by atoms with Gasteiger partial charge in [-0.15, -0.1) is 0 Å². The van der Waals surface area contributed by atoms with Gasteiger partial charge in [0.15, 0.2) is 5.69 Å². The Morgan fingerprint density at radius 3 is 2.43 bits per heavy atom. The number of aryl methyl sites for hydroxylation is 1. The van der Waals surface area contributed by atoms with E-state index >= 15 is 0 Å². The highest BCUT2D eigenvalue weighted by molar-refractivity contribution is 7.92. The lowest BCUT2D eigenvalue weighted by atomic mass is 10.2. The molecule has 0 saturated heterocycles. The highest BCUT2D eigenvalue weighted by Crippen LogP contribution is 2.21. The van der Waals surface area contributed by atoms with Crippen LogP contribution in [0.2, 0.25) is 5.15 Å². The van der Waals surface area contributed by atoms with E-state index in [0.717, 1.165) is 19.1 Å². The van der Waals surface area contributed by atoms with Crippen LogP contribution in [0.3, 0.4) is 0 Å². The highest BCUT2D eigenvalue weighted by atomic mass is 35.5. The fraction of sp³-hybridized carbons (Fsp3) is 0.200. The van der Waals surface area contributed by atoms with Crippen LogP contribution in [-0.4, -0.2) is 26.5 Å². The molecule has 0 atom stereocenters. The second-order valence-corrected chi connectivity index (χ2v) is 6.67. The molecule has 0 fully saturated rings. The van der Waals surface area contributed by atoms with Gasteiger partial charge in [0, 0.05) is 5.69 Å². The molecule has 1 aromatic heterocycles. The summed E-state index contributed by atoms with van der Waals surface area (Å²) in [5, 5.41) is -0.00310. The van der Waals surface area contributed by atoms with Crippen molar-refractivity contribution < 1.29 is 17.9 Å². The number of sulfonamides is 1. The first-order valence-corrected chi connectivity index (χ1v) is 8.60. The van der Waals surface area contributed by atoms with Gasteiger partial charge in [-0.3, -0.25) is 4.72 Å². The number of carbonyl (C=O) groups excluding carboxylic acids is 1. The lowest BCUT2D eigenvalue weighted by molar-refractivity contribution is 0.0589. The summed E-state index contributed by atoms with van der Waals surface area (Å²) in [5.74, 6) is -0.880. The highest BCUT2D eigenvalue weighted by Gasteiger charge is 2.25. The molecule has 0 amide bonds. The molecule has 1 heterocycles. The summed E-state index contributed by atoms with van der Waals surface area (Å²) in [6.45, 7) is 2.00. The van der Waals surface area contributed by atoms with E-state index in [1.165, 1.54) is 12.1 Å². The van der Waals surface area contributed by atoms with Crippen LogP contribution in [0.1, 0.15) is 23.0 Å². The topological polar surface area (TPSA) is 85.4 Å². The van der Waals surface area contributed by atoms with E-state index in [1.54, 1.807) is 12.1 Å². The van der Waals surface area contributed by atoms with Crippen molar-refractivity contribution in [3.8, 4) is 0 Å². The molecule has 122 valence electrons. The molecule has 0 saturated carbocycles. The van der Waals surface area contributed by atoms with E-state index in [9.17, 15) is 13.2 Å². The lowest BCUT2D eigenvalue weighted by Crippen LogP contribution is -2.19. The number of esters is 1. The van der Waals surface area contributed by atoms with Crippen molar-refractivity contribution in [2.24, 2.45) is 0 Å². The maximum Gasteiger partial charge on any atom is 0.358 e. The Morgan fingerprint density at radius 1 is 1.22 bits per heavy atom. The van der Waals surface area contributed by atoms with Crippen LogP contribution in [0, 0.1) is 0 Å². The monoisotopic (exact) mass is 354 g/mol. The zero-order valence-electron chi connectivity index (χ0n) is 12.5. The maximum absolute atomic E-state index is 12.5. The first-order valence-electron chi connectivity index (χ1n) is 6.74. The largest absolute Gasteiger partial charge is 0.464 e. The molecule has 0 aliphatic heterocycles. The van der Waals surface area contributed by atoms with E-state index in [-0.39, 0.29) is 15.7 Å². The Bertz CT molecular complexity index is 820. The number of rotatable bonds is 5. The Kier molecular flexibility index (Phi) is 5.23. The van der Waals surface area contributed by atoms with Crippen molar-refractivity contribution in [2.75, 3.05) is 11.8 Å². The van der Waals surface area contributed by atoms with Gasteiger partial charge in [0.2, 0.25) is 0 Å². The van der Waals surface area contributed by atoms with Crippen LogP contribution in [-0.2, 0) is 21.2 Å². The lowest BCUT2D eigenvalue weighted by Gasteiger charge is -2.11. The summed E-state index contributed by atoms with van der Waals surface area (Å²) in [5.41, 5.74) is 1.10. The Morgan fingerprint density at radius 2 is 1.87 bits per heavy atom. The SMILES string of the molecule is CCc1ccc(NS(=O)(=O)c2ccc(Cl)nc2C(=O)OC)cc1. The van der Waals surface area contributed by atoms with E-state index in [0.29, 0.717) is 5.69 Å². The minimum Gasteiger partial charge on any atom is -0.464 e. The minimum atomic E-state index is -4.01. The van der Waals surface area contributed by atoms with Gasteiger partial charge in [-0.1, -0.05) is 30.7 Å². The second-order valence-electron chi connectivity index (χ2n) is 4.63. The summed E-state index contributed by atoms with van der Waals surface area (Å²) < 4.78 is 32.0. The summed E-state index contributed by atoms with van der Waals surface area (Å²) in [4.78, 5) is 15.2. The van der Waals surface area contributed by atoms with Crippen molar-refractivity contribution in [3.63, 3.8) is 0 Å². The summed E-state index contributed by atoms with van der Waals surface area (Å²) in [6.07, 6.45) is 0.848. The maximum atomic E-state index is 12.5. The van der Waals surface area contributed by atoms with Crippen molar-refractivity contribution in [1.82, 2.24) is 4.98 Å². The number of hydrogen-bond acceptors (Lipinski definition) is 5. The molecule has 0 bridgehead atoms. The molecule has 0 radical (unpaired) electrons. The van der Waals surface area contributed by atoms with Crippen LogP contribution in [0.4, 0.5) is 5.69 Å². The minimum absolute atomic E-state index is 0.00310. The fourth-order valence-electron chi connectivity index (χ4n) is 1.90. The van der Waals surface area contributed by atoms with Crippen LogP contribution >= 0.6 is 11.6 Å². The molecule has 0 aliphatic rings. The molecule has 1 aromatic carbocycles. The molecule has 6 nitrogen and oxygen atoms in total. The number of carbonyl (C=O) groups is 1. The quantitative estimate of drug-likeness (QED) is 0.659. The van der Waals surface area contributed by atoms with Crippen molar-refractivity contribution >= 4 is 33.3 Å². The average Bonchev–Trinajstić information content (AvgIpc) is 2.54. The van der Waals surface area contributed by atoms with Crippen LogP contribution in [0.5, 0.6) is 0 Å². The number of methoxy groups -OCH3 is 1. The zero-order valence-corrected chi connectivity index (χ0v) is 14.1. The Labute approximate surface area is 139 Å². The van der Waals surface area contributed by atoms with Crippen molar-refractivity contribution in [3.05, 3.63) is 52.8 Å². The van der Waals surface area contributed by atoms with E-state index in [2.05, 4.69) is 14.4 Å². The third-order valence-corrected chi connectivity index (χ3v) is 4.73. The fourth-order valence-corrected chi connectivity index (χ4v) is 3.24. The first-order chi connectivity index (χ1) is 10.9. The molecule has 1 N–H and O–H groups in total. The van der Waals surface area contributed by atoms with Crippen LogP contribution < -0.4 is 4.72 Å². The van der Waals surface area contributed by atoms with Crippen LogP contribution in [0.15, 0.2) is 41.3 Å². The van der Waals surface area contributed by atoms with Gasteiger partial charge in [0.05, 0.1) is 7.11 Å². The number of anilines is 1. The average molecular weight is 355 g/mol. The number of benzene rings is 1. The summed E-state index contributed by atoms with van der Waals surface area (Å²) in [7, 11) is -2.87. The summed E-state index contributed by atoms with van der Waals surface area (Å²) in [6, 6.07) is 9.44. The summed E-state index contributed by atoms with van der Waals surface area (Å²) >= 11 is 5.73.